The number of hydrogen-bond donors (Lipinski definition) is 0. The molecule has 11 heteroatoms. The van der Waals surface area contributed by atoms with Gasteiger partial charge >= 0.3 is 0 Å². The van der Waals surface area contributed by atoms with Gasteiger partial charge in [-0.15, -0.1) is 0 Å². The fourth-order valence-electron chi connectivity index (χ4n) is 4.42. The first-order valence-corrected chi connectivity index (χ1v) is 15.4. The maximum absolute atomic E-state index is 13.8. The van der Waals surface area contributed by atoms with E-state index in [1.807, 2.05) is 24.3 Å². The number of hydrogen-bond acceptors (Lipinski definition) is 6. The van der Waals surface area contributed by atoms with Crippen molar-refractivity contribution >= 4 is 29.3 Å². The van der Waals surface area contributed by atoms with Crippen molar-refractivity contribution in [2.24, 2.45) is 0 Å². The number of rotatable bonds is 14. The van der Waals surface area contributed by atoms with Crippen molar-refractivity contribution in [2.75, 3.05) is 26.2 Å². The maximum Gasteiger partial charge on any atom is 0.292 e. The van der Waals surface area contributed by atoms with Crippen molar-refractivity contribution in [3.63, 3.8) is 0 Å². The summed E-state index contributed by atoms with van der Waals surface area (Å²) in [5, 5.41) is 0.272. The number of benzene rings is 2. The van der Waals surface area contributed by atoms with Crippen molar-refractivity contribution in [3.8, 4) is 11.3 Å². The van der Waals surface area contributed by atoms with E-state index in [0.717, 1.165) is 35.5 Å². The molecule has 4 rings (SSSR count). The quantitative estimate of drug-likeness (QED) is 0.122. The van der Waals surface area contributed by atoms with Gasteiger partial charge in [-0.05, 0) is 48.0 Å². The molecule has 2 aromatic carbocycles. The van der Waals surface area contributed by atoms with Gasteiger partial charge in [0, 0.05) is 43.3 Å². The molecule has 0 bridgehead atoms. The van der Waals surface area contributed by atoms with E-state index in [-0.39, 0.29) is 23.3 Å². The normalized spacial score (nSPS) is 11.2. The number of halogens is 3. The summed E-state index contributed by atoms with van der Waals surface area (Å²) < 4.78 is 27.8. The van der Waals surface area contributed by atoms with Crippen LogP contribution in [0.15, 0.2) is 83.0 Å². The Morgan fingerprint density at radius 2 is 1.63 bits per heavy atom. The Hall–Kier alpha value is -3.60. The molecule has 1 amide bonds. The number of nitrogens with zero attached hydrogens (tertiary/aromatic N) is 5. The average Bonchev–Trinajstić information content (AvgIpc) is 3.03. The van der Waals surface area contributed by atoms with Gasteiger partial charge in [0.05, 0.1) is 5.69 Å². The second kappa shape index (κ2) is 15.7. The molecule has 0 atom stereocenters. The number of thioether (sulfide) groups is 1. The van der Waals surface area contributed by atoms with Gasteiger partial charge in [0.15, 0.2) is 5.16 Å². The third-order valence-corrected chi connectivity index (χ3v) is 8.36. The predicted molar refractivity (Wildman–Crippen MR) is 167 cm³/mol. The minimum absolute atomic E-state index is 0.0660. The van der Waals surface area contributed by atoms with Crippen LogP contribution in [0, 0.1) is 5.82 Å². The smallest absolute Gasteiger partial charge is 0.292 e. The fraction of sp³-hybridized carbons (Fsp3) is 0.312. The molecule has 0 radical (unpaired) electrons. The number of carbonyl (C=O) groups excluding carboxylic acids is 1. The van der Waals surface area contributed by atoms with Crippen molar-refractivity contribution < 1.29 is 13.6 Å². The van der Waals surface area contributed by atoms with Crippen molar-refractivity contribution in [1.29, 1.82) is 0 Å². The molecule has 0 aliphatic rings. The molecule has 0 unspecified atom stereocenters. The second-order valence-corrected chi connectivity index (χ2v) is 11.3. The van der Waals surface area contributed by atoms with Crippen LogP contribution in [0.1, 0.15) is 30.5 Å². The fourth-order valence-corrected chi connectivity index (χ4v) is 5.50. The minimum Gasteiger partial charge on any atom is -0.335 e. The van der Waals surface area contributed by atoms with Crippen molar-refractivity contribution in [3.05, 3.63) is 111 Å². The summed E-state index contributed by atoms with van der Waals surface area (Å²) in [6, 6.07) is 17.1. The zero-order valence-corrected chi connectivity index (χ0v) is 25.8. The first kappa shape index (κ1) is 32.3. The van der Waals surface area contributed by atoms with E-state index in [9.17, 15) is 18.4 Å². The molecule has 0 aliphatic heterocycles. The lowest BCUT2D eigenvalue weighted by atomic mass is 10.1. The molecule has 4 aromatic rings. The molecule has 0 spiro atoms. The summed E-state index contributed by atoms with van der Waals surface area (Å²) in [7, 11) is 0. The highest BCUT2D eigenvalue weighted by Crippen LogP contribution is 2.22. The van der Waals surface area contributed by atoms with Crippen LogP contribution in [-0.4, -0.2) is 56.4 Å². The number of alkyl halides is 1. The van der Waals surface area contributed by atoms with Gasteiger partial charge in [-0.25, -0.2) is 8.78 Å². The highest BCUT2D eigenvalue weighted by Gasteiger charge is 2.19. The van der Waals surface area contributed by atoms with Crippen LogP contribution in [0.5, 0.6) is 0 Å². The summed E-state index contributed by atoms with van der Waals surface area (Å²) in [6.45, 7) is 6.83. The number of pyridine rings is 1. The summed E-state index contributed by atoms with van der Waals surface area (Å²) in [5.74, 6) is -0.0612. The van der Waals surface area contributed by atoms with E-state index < -0.39 is 12.2 Å². The van der Waals surface area contributed by atoms with Crippen molar-refractivity contribution in [2.45, 2.75) is 44.5 Å². The lowest BCUT2D eigenvalue weighted by Crippen LogP contribution is -2.40. The largest absolute Gasteiger partial charge is 0.335 e. The van der Waals surface area contributed by atoms with Crippen LogP contribution >= 0.6 is 23.4 Å². The SMILES string of the molecule is CCN(CC)CCN(Cc1ccc(-c2ccc(CF)cc2)nc1)C(=O)Cn1cc(Cl)c(=O)nc1SCc1ccc(F)cc1. The zero-order valence-electron chi connectivity index (χ0n) is 24.2. The van der Waals surface area contributed by atoms with Gasteiger partial charge < -0.3 is 14.4 Å². The van der Waals surface area contributed by atoms with E-state index in [2.05, 4.69) is 28.7 Å². The van der Waals surface area contributed by atoms with Gasteiger partial charge in [0.25, 0.3) is 5.56 Å². The van der Waals surface area contributed by atoms with Crippen molar-refractivity contribution in [1.82, 2.24) is 24.3 Å². The Morgan fingerprint density at radius 1 is 0.953 bits per heavy atom. The molecule has 0 saturated heterocycles. The predicted octanol–water partition coefficient (Wildman–Crippen LogP) is 6.23. The molecule has 0 aliphatic carbocycles. The molecule has 2 aromatic heterocycles. The number of aromatic nitrogens is 3. The third-order valence-electron chi connectivity index (χ3n) is 7.04. The molecular formula is C32H34ClF2N5O2S. The number of likely N-dealkylation sites (N-methyl/N-ethyl adjacent to an activating group) is 1. The van der Waals surface area contributed by atoms with Gasteiger partial charge in [-0.1, -0.05) is 79.7 Å². The average molecular weight is 626 g/mol. The van der Waals surface area contributed by atoms with E-state index in [0.29, 0.717) is 36.1 Å². The van der Waals surface area contributed by atoms with Gasteiger partial charge in [0.1, 0.15) is 24.1 Å². The van der Waals surface area contributed by atoms with Gasteiger partial charge in [0.2, 0.25) is 5.91 Å². The van der Waals surface area contributed by atoms with E-state index in [1.54, 1.807) is 39.9 Å². The molecule has 7 nitrogen and oxygen atoms in total. The highest BCUT2D eigenvalue weighted by molar-refractivity contribution is 7.98. The second-order valence-electron chi connectivity index (χ2n) is 9.94. The van der Waals surface area contributed by atoms with Gasteiger partial charge in [-0.2, -0.15) is 4.98 Å². The van der Waals surface area contributed by atoms with Crippen LogP contribution in [0.3, 0.4) is 0 Å². The summed E-state index contributed by atoms with van der Waals surface area (Å²) >= 11 is 7.41. The Bertz CT molecular complexity index is 1550. The Kier molecular flexibility index (Phi) is 11.8. The molecule has 43 heavy (non-hydrogen) atoms. The summed E-state index contributed by atoms with van der Waals surface area (Å²) in [5.41, 5.74) is 3.39. The van der Waals surface area contributed by atoms with Crippen LogP contribution in [-0.2, 0) is 30.3 Å². The lowest BCUT2D eigenvalue weighted by molar-refractivity contribution is -0.132. The van der Waals surface area contributed by atoms with Crippen LogP contribution in [0.25, 0.3) is 11.3 Å². The third kappa shape index (κ3) is 9.19. The maximum atomic E-state index is 13.8. The van der Waals surface area contributed by atoms with E-state index in [4.69, 9.17) is 11.6 Å². The molecular weight excluding hydrogens is 592 g/mol. The Balaban J connectivity index is 1.52. The molecule has 0 fully saturated rings. The van der Waals surface area contributed by atoms with Crippen LogP contribution in [0.2, 0.25) is 5.02 Å². The Labute approximate surface area is 259 Å². The van der Waals surface area contributed by atoms with E-state index in [1.165, 1.54) is 30.1 Å². The van der Waals surface area contributed by atoms with E-state index >= 15 is 0 Å². The Morgan fingerprint density at radius 3 is 2.26 bits per heavy atom. The first-order valence-electron chi connectivity index (χ1n) is 14.0. The lowest BCUT2D eigenvalue weighted by Gasteiger charge is -2.27. The summed E-state index contributed by atoms with van der Waals surface area (Å²) in [6.07, 6.45) is 3.19. The van der Waals surface area contributed by atoms with Crippen LogP contribution < -0.4 is 5.56 Å². The monoisotopic (exact) mass is 625 g/mol. The molecule has 2 heterocycles. The van der Waals surface area contributed by atoms with Crippen LogP contribution in [0.4, 0.5) is 8.78 Å². The zero-order chi connectivity index (χ0) is 30.8. The van der Waals surface area contributed by atoms with Gasteiger partial charge in [-0.3, -0.25) is 14.6 Å². The number of amides is 1. The topological polar surface area (TPSA) is 71.3 Å². The standard InChI is InChI=1S/C32H34ClF2N5O2S/c1-3-38(4-2)15-16-39(19-25-9-14-29(36-18-25)26-10-5-23(17-34)6-11-26)30(41)21-40-20-28(33)31(42)37-32(40)43-22-24-7-12-27(35)13-8-24/h5-14,18,20H,3-4,15-17,19,21-22H2,1-2H3. The minimum atomic E-state index is -0.573. The molecule has 0 saturated carbocycles. The molecule has 226 valence electrons. The first-order chi connectivity index (χ1) is 20.8. The highest BCUT2D eigenvalue weighted by atomic mass is 35.5. The number of carbonyl (C=O) groups is 1. The molecule has 0 N–H and O–H groups in total. The summed E-state index contributed by atoms with van der Waals surface area (Å²) in [4.78, 5) is 38.7.